The lowest BCUT2D eigenvalue weighted by Gasteiger charge is -2.15. The Labute approximate surface area is 129 Å². The molecule has 1 heterocycles. The molecule has 0 saturated carbocycles. The molecule has 7 heteroatoms. The van der Waals surface area contributed by atoms with E-state index in [0.29, 0.717) is 29.3 Å². The minimum Gasteiger partial charge on any atom is -0.369 e. The first-order valence-electron chi connectivity index (χ1n) is 6.83. The molecule has 0 aromatic carbocycles. The summed E-state index contributed by atoms with van der Waals surface area (Å²) in [5.74, 6) is 0.736. The second-order valence-electron chi connectivity index (χ2n) is 4.57. The first-order valence-corrected chi connectivity index (χ1v) is 9.11. The first kappa shape index (κ1) is 17.4. The van der Waals surface area contributed by atoms with Crippen LogP contribution in [0.15, 0.2) is 21.6 Å². The van der Waals surface area contributed by atoms with Gasteiger partial charge in [-0.3, -0.25) is 0 Å². The standard InChI is InChI=1S/C13H22BrN3O2S/c1-4-10(5-2)8-17-20(18,19)12-7-11(14)9-16-13(12)15-6-3/h7,9-10,17H,4-6,8H2,1-3H3,(H,15,16). The van der Waals surface area contributed by atoms with E-state index >= 15 is 0 Å². The highest BCUT2D eigenvalue weighted by Crippen LogP contribution is 2.23. The third-order valence-corrected chi connectivity index (χ3v) is 5.04. The number of hydrogen-bond acceptors (Lipinski definition) is 4. The maximum absolute atomic E-state index is 12.4. The average molecular weight is 364 g/mol. The zero-order valence-corrected chi connectivity index (χ0v) is 14.5. The van der Waals surface area contributed by atoms with Gasteiger partial charge in [0.25, 0.3) is 0 Å². The summed E-state index contributed by atoms with van der Waals surface area (Å²) in [4.78, 5) is 4.30. The van der Waals surface area contributed by atoms with Crippen LogP contribution in [-0.4, -0.2) is 26.5 Å². The number of anilines is 1. The Morgan fingerprint density at radius 1 is 1.30 bits per heavy atom. The SMILES string of the molecule is CCNc1ncc(Br)cc1S(=O)(=O)NCC(CC)CC. The summed E-state index contributed by atoms with van der Waals surface area (Å²) in [7, 11) is -3.56. The smallest absolute Gasteiger partial charge is 0.244 e. The third kappa shape index (κ3) is 4.71. The van der Waals surface area contributed by atoms with Crippen LogP contribution >= 0.6 is 15.9 Å². The van der Waals surface area contributed by atoms with Crippen LogP contribution in [0.3, 0.4) is 0 Å². The Morgan fingerprint density at radius 3 is 2.50 bits per heavy atom. The summed E-state index contributed by atoms with van der Waals surface area (Å²) < 4.78 is 28.1. The molecule has 5 nitrogen and oxygen atoms in total. The number of pyridine rings is 1. The Morgan fingerprint density at radius 2 is 1.95 bits per heavy atom. The van der Waals surface area contributed by atoms with E-state index in [2.05, 4.69) is 44.8 Å². The molecule has 0 unspecified atom stereocenters. The van der Waals surface area contributed by atoms with Crippen LogP contribution in [0.4, 0.5) is 5.82 Å². The van der Waals surface area contributed by atoms with E-state index in [-0.39, 0.29) is 4.90 Å². The first-order chi connectivity index (χ1) is 9.44. The molecule has 1 rings (SSSR count). The van der Waals surface area contributed by atoms with Crippen LogP contribution in [0, 0.1) is 5.92 Å². The van der Waals surface area contributed by atoms with Crippen LogP contribution in [0.25, 0.3) is 0 Å². The Hall–Kier alpha value is -0.660. The van der Waals surface area contributed by atoms with Gasteiger partial charge in [0.05, 0.1) is 0 Å². The van der Waals surface area contributed by atoms with E-state index in [1.165, 1.54) is 0 Å². The summed E-state index contributed by atoms with van der Waals surface area (Å²) in [6.45, 7) is 7.09. The van der Waals surface area contributed by atoms with Gasteiger partial charge in [0, 0.05) is 23.8 Å². The van der Waals surface area contributed by atoms with Gasteiger partial charge in [0.2, 0.25) is 10.0 Å². The van der Waals surface area contributed by atoms with E-state index < -0.39 is 10.0 Å². The van der Waals surface area contributed by atoms with Crippen LogP contribution < -0.4 is 10.0 Å². The molecule has 0 spiro atoms. The Balaban J connectivity index is 2.99. The van der Waals surface area contributed by atoms with Crippen molar-refractivity contribution in [1.29, 1.82) is 0 Å². The van der Waals surface area contributed by atoms with Gasteiger partial charge in [-0.1, -0.05) is 26.7 Å². The Kier molecular flexibility index (Phi) is 6.91. The van der Waals surface area contributed by atoms with Gasteiger partial charge in [-0.2, -0.15) is 0 Å². The van der Waals surface area contributed by atoms with Crippen molar-refractivity contribution in [3.05, 3.63) is 16.7 Å². The molecule has 0 atom stereocenters. The predicted octanol–water partition coefficient (Wildman–Crippen LogP) is 2.99. The van der Waals surface area contributed by atoms with E-state index in [1.807, 2.05) is 6.92 Å². The van der Waals surface area contributed by atoms with Gasteiger partial charge in [-0.25, -0.2) is 18.1 Å². The summed E-state index contributed by atoms with van der Waals surface area (Å²) in [6, 6.07) is 1.57. The van der Waals surface area contributed by atoms with Crippen molar-refractivity contribution >= 4 is 31.8 Å². The van der Waals surface area contributed by atoms with E-state index in [9.17, 15) is 8.42 Å². The summed E-state index contributed by atoms with van der Waals surface area (Å²) >= 11 is 3.26. The number of nitrogens with zero attached hydrogens (tertiary/aromatic N) is 1. The van der Waals surface area contributed by atoms with Gasteiger partial charge in [-0.05, 0) is 34.8 Å². The monoisotopic (exact) mass is 363 g/mol. The number of sulfonamides is 1. The van der Waals surface area contributed by atoms with Crippen molar-refractivity contribution in [2.24, 2.45) is 5.92 Å². The van der Waals surface area contributed by atoms with Gasteiger partial charge in [0.15, 0.2) is 0 Å². The van der Waals surface area contributed by atoms with Crippen LogP contribution in [0.2, 0.25) is 0 Å². The largest absolute Gasteiger partial charge is 0.369 e. The van der Waals surface area contributed by atoms with Gasteiger partial charge in [-0.15, -0.1) is 0 Å². The molecule has 0 aliphatic rings. The lowest BCUT2D eigenvalue weighted by molar-refractivity contribution is 0.479. The molecule has 20 heavy (non-hydrogen) atoms. The van der Waals surface area contributed by atoms with Crippen LogP contribution in [0.5, 0.6) is 0 Å². The van der Waals surface area contributed by atoms with Crippen LogP contribution in [0.1, 0.15) is 33.6 Å². The molecule has 0 amide bonds. The highest BCUT2D eigenvalue weighted by molar-refractivity contribution is 9.10. The minimum absolute atomic E-state index is 0.180. The quantitative estimate of drug-likeness (QED) is 0.744. The van der Waals surface area contributed by atoms with Crippen molar-refractivity contribution in [3.63, 3.8) is 0 Å². The maximum Gasteiger partial charge on any atom is 0.244 e. The van der Waals surface area contributed by atoms with Crippen molar-refractivity contribution in [3.8, 4) is 0 Å². The maximum atomic E-state index is 12.4. The predicted molar refractivity (Wildman–Crippen MR) is 85.4 cm³/mol. The van der Waals surface area contributed by atoms with Gasteiger partial charge >= 0.3 is 0 Å². The second kappa shape index (κ2) is 7.95. The zero-order chi connectivity index (χ0) is 15.2. The second-order valence-corrected chi connectivity index (χ2v) is 7.22. The molecule has 1 aromatic heterocycles. The van der Waals surface area contributed by atoms with Crippen molar-refractivity contribution in [2.45, 2.75) is 38.5 Å². The van der Waals surface area contributed by atoms with Crippen molar-refractivity contribution in [2.75, 3.05) is 18.4 Å². The average Bonchev–Trinajstić information content (AvgIpc) is 2.42. The van der Waals surface area contributed by atoms with E-state index in [0.717, 1.165) is 12.8 Å². The highest BCUT2D eigenvalue weighted by atomic mass is 79.9. The Bertz CT molecular complexity index is 530. The molecule has 114 valence electrons. The van der Waals surface area contributed by atoms with Gasteiger partial charge < -0.3 is 5.32 Å². The molecular formula is C13H22BrN3O2S. The topological polar surface area (TPSA) is 71.1 Å². The number of hydrogen-bond donors (Lipinski definition) is 2. The third-order valence-electron chi connectivity index (χ3n) is 3.17. The molecule has 0 aliphatic heterocycles. The van der Waals surface area contributed by atoms with Crippen molar-refractivity contribution in [1.82, 2.24) is 9.71 Å². The van der Waals surface area contributed by atoms with Crippen LogP contribution in [-0.2, 0) is 10.0 Å². The number of aromatic nitrogens is 1. The number of halogens is 1. The molecule has 0 fully saturated rings. The minimum atomic E-state index is -3.56. The van der Waals surface area contributed by atoms with E-state index in [1.54, 1.807) is 12.3 Å². The summed E-state index contributed by atoms with van der Waals surface area (Å²) in [5, 5.41) is 2.97. The molecular weight excluding hydrogens is 342 g/mol. The fourth-order valence-electron chi connectivity index (χ4n) is 1.81. The number of nitrogens with one attached hydrogen (secondary N) is 2. The molecule has 2 N–H and O–H groups in total. The lowest BCUT2D eigenvalue weighted by atomic mass is 10.0. The number of rotatable bonds is 8. The van der Waals surface area contributed by atoms with Gasteiger partial charge in [0.1, 0.15) is 10.7 Å². The fourth-order valence-corrected chi connectivity index (χ4v) is 3.56. The highest BCUT2D eigenvalue weighted by Gasteiger charge is 2.20. The summed E-state index contributed by atoms with van der Waals surface area (Å²) in [5.41, 5.74) is 0. The summed E-state index contributed by atoms with van der Waals surface area (Å²) in [6.07, 6.45) is 3.49. The molecule has 0 radical (unpaired) electrons. The fraction of sp³-hybridized carbons (Fsp3) is 0.615. The molecule has 0 bridgehead atoms. The normalized spacial score (nSPS) is 11.8. The van der Waals surface area contributed by atoms with Crippen molar-refractivity contribution < 1.29 is 8.42 Å². The molecule has 1 aromatic rings. The lowest BCUT2D eigenvalue weighted by Crippen LogP contribution is -2.30. The van der Waals surface area contributed by atoms with E-state index in [4.69, 9.17) is 0 Å². The zero-order valence-electron chi connectivity index (χ0n) is 12.1. The molecule has 0 saturated heterocycles. The molecule has 0 aliphatic carbocycles.